The van der Waals surface area contributed by atoms with Crippen LogP contribution in [-0.4, -0.2) is 24.7 Å². The van der Waals surface area contributed by atoms with E-state index < -0.39 is 10.0 Å². The molecule has 4 rings (SSSR count). The Hall–Kier alpha value is -2.48. The van der Waals surface area contributed by atoms with E-state index in [2.05, 4.69) is 15.1 Å². The number of aryl methyl sites for hydroxylation is 2. The summed E-state index contributed by atoms with van der Waals surface area (Å²) in [7, 11) is -3.58. The molecule has 1 aromatic heterocycles. The van der Waals surface area contributed by atoms with Crippen molar-refractivity contribution in [2.45, 2.75) is 37.8 Å². The van der Waals surface area contributed by atoms with Crippen molar-refractivity contribution in [2.75, 3.05) is 6.54 Å². The molecule has 0 bridgehead atoms. The molecule has 0 saturated heterocycles. The van der Waals surface area contributed by atoms with Gasteiger partial charge in [-0.25, -0.2) is 17.8 Å². The maximum Gasteiger partial charge on any atom is 0.240 e. The fraction of sp³-hybridized carbons (Fsp3) is 0.286. The SMILES string of the molecule is Cc1nn(-c2ccccc2)cc1CNS(=O)(=O)c1ccc2c(c1)CCCNC2. The number of nitrogens with one attached hydrogen (secondary N) is 2. The lowest BCUT2D eigenvalue weighted by Crippen LogP contribution is -2.23. The van der Waals surface area contributed by atoms with Crippen molar-refractivity contribution < 1.29 is 8.42 Å². The summed E-state index contributed by atoms with van der Waals surface area (Å²) in [5, 5.41) is 7.85. The van der Waals surface area contributed by atoms with Crippen LogP contribution in [0, 0.1) is 6.92 Å². The zero-order valence-electron chi connectivity index (χ0n) is 15.9. The fourth-order valence-electron chi connectivity index (χ4n) is 3.44. The monoisotopic (exact) mass is 396 g/mol. The molecule has 28 heavy (non-hydrogen) atoms. The van der Waals surface area contributed by atoms with Gasteiger partial charge in [-0.2, -0.15) is 5.10 Å². The molecule has 0 fully saturated rings. The lowest BCUT2D eigenvalue weighted by molar-refractivity contribution is 0.581. The van der Waals surface area contributed by atoms with Gasteiger partial charge < -0.3 is 5.32 Å². The molecule has 146 valence electrons. The largest absolute Gasteiger partial charge is 0.313 e. The van der Waals surface area contributed by atoms with Crippen LogP contribution in [0.15, 0.2) is 59.6 Å². The quantitative estimate of drug-likeness (QED) is 0.695. The average Bonchev–Trinajstić information content (AvgIpc) is 2.92. The van der Waals surface area contributed by atoms with Crippen LogP contribution in [0.1, 0.15) is 28.8 Å². The Bertz CT molecular complexity index is 1080. The number of rotatable bonds is 5. The highest BCUT2D eigenvalue weighted by Crippen LogP contribution is 2.20. The highest BCUT2D eigenvalue weighted by molar-refractivity contribution is 7.89. The normalized spacial score (nSPS) is 14.5. The van der Waals surface area contributed by atoms with Crippen LogP contribution >= 0.6 is 0 Å². The molecule has 7 heteroatoms. The third kappa shape index (κ3) is 4.01. The van der Waals surface area contributed by atoms with Gasteiger partial charge in [0.15, 0.2) is 0 Å². The molecular formula is C21H24N4O2S. The number of hydrogen-bond donors (Lipinski definition) is 2. The number of para-hydroxylation sites is 1. The van der Waals surface area contributed by atoms with Crippen molar-refractivity contribution in [3.05, 3.63) is 77.1 Å². The summed E-state index contributed by atoms with van der Waals surface area (Å²) in [6.07, 6.45) is 3.78. The molecule has 0 amide bonds. The van der Waals surface area contributed by atoms with Crippen LogP contribution in [0.5, 0.6) is 0 Å². The molecule has 0 saturated carbocycles. The Labute approximate surface area is 165 Å². The number of hydrogen-bond acceptors (Lipinski definition) is 4. The summed E-state index contributed by atoms with van der Waals surface area (Å²) in [5.74, 6) is 0. The van der Waals surface area contributed by atoms with E-state index in [9.17, 15) is 8.42 Å². The zero-order valence-corrected chi connectivity index (χ0v) is 16.7. The minimum absolute atomic E-state index is 0.208. The molecule has 0 spiro atoms. The highest BCUT2D eigenvalue weighted by atomic mass is 32.2. The van der Waals surface area contributed by atoms with Crippen LogP contribution in [0.4, 0.5) is 0 Å². The second-order valence-electron chi connectivity index (χ2n) is 7.06. The number of fused-ring (bicyclic) bond motifs is 1. The first-order chi connectivity index (χ1) is 13.5. The molecule has 1 aliphatic heterocycles. The Kier molecular flexibility index (Phi) is 5.30. The predicted molar refractivity (Wildman–Crippen MR) is 109 cm³/mol. The lowest BCUT2D eigenvalue weighted by Gasteiger charge is -2.10. The van der Waals surface area contributed by atoms with Crippen LogP contribution in [-0.2, 0) is 29.5 Å². The van der Waals surface area contributed by atoms with E-state index in [1.807, 2.05) is 55.6 Å². The maximum atomic E-state index is 12.8. The van der Waals surface area contributed by atoms with Gasteiger partial charge in [-0.05, 0) is 61.7 Å². The van der Waals surface area contributed by atoms with E-state index in [-0.39, 0.29) is 6.54 Å². The van der Waals surface area contributed by atoms with Crippen LogP contribution in [0.3, 0.4) is 0 Å². The maximum absolute atomic E-state index is 12.8. The van der Waals surface area contributed by atoms with Gasteiger partial charge in [0.05, 0.1) is 16.3 Å². The standard InChI is InChI=1S/C21H24N4O2S/c1-16-19(15-25(24-16)20-7-3-2-4-8-20)14-23-28(26,27)21-10-9-18-13-22-11-5-6-17(18)12-21/h2-4,7-10,12,15,22-23H,5-6,11,13-14H2,1H3. The Morgan fingerprint density at radius 1 is 1.14 bits per heavy atom. The van der Waals surface area contributed by atoms with Crippen molar-refractivity contribution in [3.8, 4) is 5.69 Å². The number of benzene rings is 2. The van der Waals surface area contributed by atoms with Gasteiger partial charge in [-0.15, -0.1) is 0 Å². The first kappa shape index (κ1) is 18.9. The topological polar surface area (TPSA) is 76.0 Å². The number of sulfonamides is 1. The van der Waals surface area contributed by atoms with Crippen molar-refractivity contribution in [3.63, 3.8) is 0 Å². The molecule has 0 atom stereocenters. The Morgan fingerprint density at radius 2 is 1.96 bits per heavy atom. The van der Waals surface area contributed by atoms with E-state index in [1.165, 1.54) is 5.56 Å². The van der Waals surface area contributed by atoms with Gasteiger partial charge in [0, 0.05) is 24.8 Å². The summed E-state index contributed by atoms with van der Waals surface area (Å²) in [6, 6.07) is 15.2. The van der Waals surface area contributed by atoms with Crippen molar-refractivity contribution in [2.24, 2.45) is 0 Å². The van der Waals surface area contributed by atoms with Gasteiger partial charge in [-0.1, -0.05) is 24.3 Å². The fourth-order valence-corrected chi connectivity index (χ4v) is 4.50. The summed E-state index contributed by atoms with van der Waals surface area (Å²) in [5.41, 5.74) is 4.89. The third-order valence-corrected chi connectivity index (χ3v) is 6.48. The molecular weight excluding hydrogens is 372 g/mol. The predicted octanol–water partition coefficient (Wildman–Crippen LogP) is 2.70. The van der Waals surface area contributed by atoms with E-state index in [1.54, 1.807) is 10.7 Å². The van der Waals surface area contributed by atoms with Crippen molar-refractivity contribution in [1.29, 1.82) is 0 Å². The Balaban J connectivity index is 1.52. The summed E-state index contributed by atoms with van der Waals surface area (Å²) in [6.45, 7) is 3.85. The van der Waals surface area contributed by atoms with Crippen molar-refractivity contribution >= 4 is 10.0 Å². The van der Waals surface area contributed by atoms with Gasteiger partial charge in [0.2, 0.25) is 10.0 Å². The minimum atomic E-state index is -3.58. The molecule has 0 unspecified atom stereocenters. The van der Waals surface area contributed by atoms with E-state index in [0.717, 1.165) is 48.4 Å². The van der Waals surface area contributed by atoms with Gasteiger partial charge >= 0.3 is 0 Å². The molecule has 0 radical (unpaired) electrons. The molecule has 6 nitrogen and oxygen atoms in total. The van der Waals surface area contributed by atoms with Crippen LogP contribution in [0.25, 0.3) is 5.69 Å². The van der Waals surface area contributed by atoms with E-state index >= 15 is 0 Å². The van der Waals surface area contributed by atoms with Gasteiger partial charge in [0.1, 0.15) is 0 Å². The highest BCUT2D eigenvalue weighted by Gasteiger charge is 2.18. The molecule has 2 aromatic carbocycles. The zero-order chi connectivity index (χ0) is 19.6. The summed E-state index contributed by atoms with van der Waals surface area (Å²) >= 11 is 0. The number of aromatic nitrogens is 2. The second-order valence-corrected chi connectivity index (χ2v) is 8.82. The molecule has 0 aliphatic carbocycles. The molecule has 1 aliphatic rings. The average molecular weight is 397 g/mol. The lowest BCUT2D eigenvalue weighted by atomic mass is 10.0. The molecule has 2 heterocycles. The van der Waals surface area contributed by atoms with Crippen LogP contribution in [0.2, 0.25) is 0 Å². The van der Waals surface area contributed by atoms with Gasteiger partial charge in [0.25, 0.3) is 0 Å². The van der Waals surface area contributed by atoms with E-state index in [4.69, 9.17) is 0 Å². The second kappa shape index (κ2) is 7.87. The van der Waals surface area contributed by atoms with Crippen molar-refractivity contribution in [1.82, 2.24) is 19.8 Å². The Morgan fingerprint density at radius 3 is 2.79 bits per heavy atom. The smallest absolute Gasteiger partial charge is 0.240 e. The molecule has 3 aromatic rings. The first-order valence-corrected chi connectivity index (χ1v) is 10.9. The first-order valence-electron chi connectivity index (χ1n) is 9.46. The molecule has 2 N–H and O–H groups in total. The minimum Gasteiger partial charge on any atom is -0.313 e. The summed E-state index contributed by atoms with van der Waals surface area (Å²) < 4.78 is 30.1. The summed E-state index contributed by atoms with van der Waals surface area (Å²) in [4.78, 5) is 0.321. The van der Waals surface area contributed by atoms with E-state index in [0.29, 0.717) is 4.90 Å². The third-order valence-electron chi connectivity index (χ3n) is 5.08. The van der Waals surface area contributed by atoms with Gasteiger partial charge in [-0.3, -0.25) is 0 Å². The van der Waals surface area contributed by atoms with Crippen LogP contribution < -0.4 is 10.0 Å². The number of nitrogens with zero attached hydrogens (tertiary/aromatic N) is 2.